The number of nitrogens with two attached hydrogens (primary N) is 1. The predicted molar refractivity (Wildman–Crippen MR) is 93.3 cm³/mol. The second kappa shape index (κ2) is 6.13. The molecule has 2 heterocycles. The van der Waals surface area contributed by atoms with Gasteiger partial charge in [-0.25, -0.2) is 4.98 Å². The third kappa shape index (κ3) is 3.43. The fourth-order valence-corrected chi connectivity index (χ4v) is 3.59. The number of nitrogens with zero attached hydrogens (tertiary/aromatic N) is 2. The Morgan fingerprint density at radius 1 is 1.24 bits per heavy atom. The summed E-state index contributed by atoms with van der Waals surface area (Å²) in [6, 6.07) is 12.4. The van der Waals surface area contributed by atoms with Gasteiger partial charge in [-0.1, -0.05) is 18.2 Å². The summed E-state index contributed by atoms with van der Waals surface area (Å²) in [5.41, 5.74) is 9.42. The van der Waals surface area contributed by atoms with Crippen molar-refractivity contribution in [2.45, 2.75) is 13.1 Å². The largest absolute Gasteiger partial charge is 0.383 e. The second-order valence-electron chi connectivity index (χ2n) is 5.16. The van der Waals surface area contributed by atoms with Crippen molar-refractivity contribution in [2.24, 2.45) is 0 Å². The average Bonchev–Trinajstić information content (AvgIpc) is 2.85. The molecule has 5 heteroatoms. The molecular formula is C16H16BrN3S. The quantitative estimate of drug-likeness (QED) is 0.754. The van der Waals surface area contributed by atoms with Crippen LogP contribution in [0.3, 0.4) is 0 Å². The molecule has 3 nitrogen and oxygen atoms in total. The lowest BCUT2D eigenvalue weighted by atomic mass is 10.1. The van der Waals surface area contributed by atoms with Crippen molar-refractivity contribution >= 4 is 44.0 Å². The fourth-order valence-electron chi connectivity index (χ4n) is 2.39. The lowest BCUT2D eigenvalue weighted by Crippen LogP contribution is -2.18. The highest BCUT2D eigenvalue weighted by molar-refractivity contribution is 9.11. The Morgan fingerprint density at radius 2 is 2.05 bits per heavy atom. The minimum absolute atomic E-state index is 0.618. The van der Waals surface area contributed by atoms with Gasteiger partial charge in [0.15, 0.2) is 0 Å². The molecule has 0 fully saturated rings. The standard InChI is InChI=1S/C16H16BrN3S/c1-20(8-11-6-15(17)21-10-11)9-13-7-12-4-2-3-5-14(12)19-16(13)18/h2-7,10H,8-9H2,1H3,(H2,18,19). The monoisotopic (exact) mass is 361 g/mol. The number of nitrogen functional groups attached to an aromatic ring is 1. The van der Waals surface area contributed by atoms with Crippen molar-refractivity contribution in [2.75, 3.05) is 12.8 Å². The van der Waals surface area contributed by atoms with Crippen molar-refractivity contribution in [1.82, 2.24) is 9.88 Å². The molecule has 2 N–H and O–H groups in total. The zero-order valence-corrected chi connectivity index (χ0v) is 14.1. The van der Waals surface area contributed by atoms with Gasteiger partial charge in [-0.15, -0.1) is 11.3 Å². The Bertz CT molecular complexity index is 769. The molecule has 0 aliphatic heterocycles. The third-order valence-corrected chi connectivity index (χ3v) is 4.90. The average molecular weight is 362 g/mol. The minimum Gasteiger partial charge on any atom is -0.383 e. The van der Waals surface area contributed by atoms with Crippen molar-refractivity contribution in [1.29, 1.82) is 0 Å². The van der Waals surface area contributed by atoms with Crippen LogP contribution in [0.1, 0.15) is 11.1 Å². The molecular weight excluding hydrogens is 346 g/mol. The highest BCUT2D eigenvalue weighted by Crippen LogP contribution is 2.23. The van der Waals surface area contributed by atoms with Crippen molar-refractivity contribution in [3.05, 3.63) is 56.7 Å². The first-order valence-electron chi connectivity index (χ1n) is 6.67. The van der Waals surface area contributed by atoms with Gasteiger partial charge in [-0.3, -0.25) is 4.90 Å². The van der Waals surface area contributed by atoms with Crippen molar-refractivity contribution in [3.63, 3.8) is 0 Å². The van der Waals surface area contributed by atoms with Gasteiger partial charge < -0.3 is 5.73 Å². The van der Waals surface area contributed by atoms with E-state index in [4.69, 9.17) is 5.73 Å². The topological polar surface area (TPSA) is 42.2 Å². The van der Waals surface area contributed by atoms with E-state index in [1.54, 1.807) is 11.3 Å². The van der Waals surface area contributed by atoms with Crippen LogP contribution in [0.2, 0.25) is 0 Å². The van der Waals surface area contributed by atoms with Gasteiger partial charge in [-0.2, -0.15) is 0 Å². The highest BCUT2D eigenvalue weighted by Gasteiger charge is 2.08. The van der Waals surface area contributed by atoms with Crippen LogP contribution in [0.25, 0.3) is 10.9 Å². The molecule has 0 saturated carbocycles. The Morgan fingerprint density at radius 3 is 2.81 bits per heavy atom. The summed E-state index contributed by atoms with van der Waals surface area (Å²) in [6.45, 7) is 1.69. The number of hydrogen-bond acceptors (Lipinski definition) is 4. The predicted octanol–water partition coefficient (Wildman–Crippen LogP) is 4.27. The van der Waals surface area contributed by atoms with E-state index in [1.807, 2.05) is 18.2 Å². The lowest BCUT2D eigenvalue weighted by Gasteiger charge is -2.17. The molecule has 0 bridgehead atoms. The Hall–Kier alpha value is -1.43. The van der Waals surface area contributed by atoms with Gasteiger partial charge in [0.05, 0.1) is 9.30 Å². The van der Waals surface area contributed by atoms with Crippen molar-refractivity contribution in [3.8, 4) is 0 Å². The molecule has 0 radical (unpaired) electrons. The number of thiophene rings is 1. The van der Waals surface area contributed by atoms with Gasteiger partial charge >= 0.3 is 0 Å². The van der Waals surface area contributed by atoms with E-state index < -0.39 is 0 Å². The summed E-state index contributed by atoms with van der Waals surface area (Å²) in [5, 5.41) is 3.30. The SMILES string of the molecule is CN(Cc1csc(Br)c1)Cc1cc2ccccc2nc1N. The number of fused-ring (bicyclic) bond motifs is 1. The number of rotatable bonds is 4. The van der Waals surface area contributed by atoms with E-state index in [1.165, 1.54) is 5.56 Å². The van der Waals surface area contributed by atoms with Gasteiger partial charge in [-0.05, 0) is 52.1 Å². The van der Waals surface area contributed by atoms with E-state index in [0.29, 0.717) is 5.82 Å². The molecule has 0 atom stereocenters. The Kier molecular flexibility index (Phi) is 4.24. The normalized spacial score (nSPS) is 11.4. The van der Waals surface area contributed by atoms with Crippen molar-refractivity contribution < 1.29 is 0 Å². The molecule has 1 aromatic carbocycles. The van der Waals surface area contributed by atoms with Crippen LogP contribution in [-0.4, -0.2) is 16.9 Å². The van der Waals surface area contributed by atoms with Crippen LogP contribution in [0.5, 0.6) is 0 Å². The summed E-state index contributed by atoms with van der Waals surface area (Å²) < 4.78 is 1.16. The number of hydrogen-bond donors (Lipinski definition) is 1. The molecule has 0 aliphatic rings. The number of pyridine rings is 1. The van der Waals surface area contributed by atoms with Crippen LogP contribution in [-0.2, 0) is 13.1 Å². The van der Waals surface area contributed by atoms with E-state index in [2.05, 4.69) is 56.4 Å². The number of benzene rings is 1. The van der Waals surface area contributed by atoms with E-state index in [-0.39, 0.29) is 0 Å². The van der Waals surface area contributed by atoms with Crippen LogP contribution in [0, 0.1) is 0 Å². The smallest absolute Gasteiger partial charge is 0.128 e. The highest BCUT2D eigenvalue weighted by atomic mass is 79.9. The third-order valence-electron chi connectivity index (χ3n) is 3.35. The zero-order chi connectivity index (χ0) is 14.8. The maximum atomic E-state index is 6.09. The first-order valence-corrected chi connectivity index (χ1v) is 8.34. The molecule has 21 heavy (non-hydrogen) atoms. The van der Waals surface area contributed by atoms with Crippen LogP contribution >= 0.6 is 27.3 Å². The Labute approximate surface area is 136 Å². The molecule has 3 rings (SSSR count). The summed E-state index contributed by atoms with van der Waals surface area (Å²) in [5.74, 6) is 0.618. The summed E-state index contributed by atoms with van der Waals surface area (Å²) in [6.07, 6.45) is 0. The molecule has 0 aliphatic carbocycles. The van der Waals surface area contributed by atoms with Gasteiger partial charge in [0.1, 0.15) is 5.82 Å². The molecule has 3 aromatic rings. The molecule has 0 saturated heterocycles. The summed E-state index contributed by atoms with van der Waals surface area (Å²) in [7, 11) is 2.10. The van der Waals surface area contributed by atoms with Crippen LogP contribution in [0.4, 0.5) is 5.82 Å². The Balaban J connectivity index is 1.79. The fraction of sp³-hybridized carbons (Fsp3) is 0.188. The number of para-hydroxylation sites is 1. The van der Waals surface area contributed by atoms with Gasteiger partial charge in [0.2, 0.25) is 0 Å². The molecule has 2 aromatic heterocycles. The van der Waals surface area contributed by atoms with E-state index in [0.717, 1.165) is 33.3 Å². The van der Waals surface area contributed by atoms with E-state index >= 15 is 0 Å². The minimum atomic E-state index is 0.618. The first-order chi connectivity index (χ1) is 10.1. The van der Waals surface area contributed by atoms with E-state index in [9.17, 15) is 0 Å². The summed E-state index contributed by atoms with van der Waals surface area (Å²) in [4.78, 5) is 6.73. The van der Waals surface area contributed by atoms with Gasteiger partial charge in [0.25, 0.3) is 0 Å². The summed E-state index contributed by atoms with van der Waals surface area (Å²) >= 11 is 5.21. The second-order valence-corrected chi connectivity index (χ2v) is 7.45. The number of anilines is 1. The number of halogens is 1. The molecule has 0 amide bonds. The molecule has 0 spiro atoms. The molecule has 0 unspecified atom stereocenters. The van der Waals surface area contributed by atoms with Crippen LogP contribution in [0.15, 0.2) is 45.6 Å². The maximum absolute atomic E-state index is 6.09. The maximum Gasteiger partial charge on any atom is 0.128 e. The lowest BCUT2D eigenvalue weighted by molar-refractivity contribution is 0.320. The molecule has 108 valence electrons. The van der Waals surface area contributed by atoms with Crippen LogP contribution < -0.4 is 5.73 Å². The van der Waals surface area contributed by atoms with Gasteiger partial charge in [0, 0.05) is 24.0 Å². The zero-order valence-electron chi connectivity index (χ0n) is 11.7. The number of aromatic nitrogens is 1. The first kappa shape index (κ1) is 14.5.